The summed E-state index contributed by atoms with van der Waals surface area (Å²) in [6.45, 7) is 1.18. The Hall–Kier alpha value is -3.13. The number of hydrogen-bond donors (Lipinski definition) is 0. The molecule has 5 aromatic rings. The van der Waals surface area contributed by atoms with E-state index in [1.54, 1.807) is 0 Å². The lowest BCUT2D eigenvalue weighted by atomic mass is 10.1. The molecule has 0 radical (unpaired) electrons. The molecule has 0 fully saturated rings. The van der Waals surface area contributed by atoms with Gasteiger partial charge in [-0.1, -0.05) is 102 Å². The summed E-state index contributed by atoms with van der Waals surface area (Å²) in [5.41, 5.74) is 2.30. The Balaban J connectivity index is 1.26. The number of fused-ring (bicyclic) bond motifs is 1. The number of thiophene rings is 1. The Labute approximate surface area is 216 Å². The lowest BCUT2D eigenvalue weighted by molar-refractivity contribution is -0.128. The lowest BCUT2D eigenvalue weighted by Crippen LogP contribution is -2.33. The predicted molar refractivity (Wildman–Crippen MR) is 143 cm³/mol. The number of carbonyl (C=O) groups is 1. The van der Waals surface area contributed by atoms with E-state index >= 15 is 0 Å². The molecule has 0 aliphatic rings. The van der Waals surface area contributed by atoms with Gasteiger partial charge in [-0.25, -0.2) is 0 Å². The van der Waals surface area contributed by atoms with Gasteiger partial charge in [-0.05, 0) is 23.6 Å². The largest absolute Gasteiger partial charge is 0.410 e. The molecular weight excluding hydrogens is 498 g/mol. The smallest absolute Gasteiger partial charge is 0.277 e. The van der Waals surface area contributed by atoms with Gasteiger partial charge in [0.2, 0.25) is 5.91 Å². The number of hydrogen-bond acceptors (Lipinski definition) is 6. The summed E-state index contributed by atoms with van der Waals surface area (Å²) in [6, 6.07) is 28.1. The van der Waals surface area contributed by atoms with Crippen molar-refractivity contribution in [3.05, 3.63) is 101 Å². The Kier molecular flexibility index (Phi) is 7.47. The highest BCUT2D eigenvalue weighted by Crippen LogP contribution is 2.41. The van der Waals surface area contributed by atoms with Crippen LogP contribution in [-0.2, 0) is 17.8 Å². The summed E-state index contributed by atoms with van der Waals surface area (Å²) in [6.07, 6.45) is 0.791. The van der Waals surface area contributed by atoms with Gasteiger partial charge >= 0.3 is 0 Å². The van der Waals surface area contributed by atoms with Crippen molar-refractivity contribution in [2.24, 2.45) is 0 Å². The van der Waals surface area contributed by atoms with Gasteiger partial charge in [-0.3, -0.25) is 4.79 Å². The normalized spacial score (nSPS) is 11.1. The second kappa shape index (κ2) is 11.1. The average molecular weight is 520 g/mol. The van der Waals surface area contributed by atoms with Gasteiger partial charge < -0.3 is 9.32 Å². The topological polar surface area (TPSA) is 59.2 Å². The summed E-state index contributed by atoms with van der Waals surface area (Å²) in [5, 5.41) is 10.2. The van der Waals surface area contributed by atoms with Crippen LogP contribution in [0, 0.1) is 0 Å². The molecule has 0 spiro atoms. The molecule has 0 aliphatic carbocycles. The van der Waals surface area contributed by atoms with E-state index in [1.165, 1.54) is 28.7 Å². The Morgan fingerprint density at radius 3 is 2.34 bits per heavy atom. The van der Waals surface area contributed by atoms with Crippen molar-refractivity contribution in [3.8, 4) is 10.8 Å². The van der Waals surface area contributed by atoms with E-state index in [9.17, 15) is 4.79 Å². The number of nitrogens with zero attached hydrogens (tertiary/aromatic N) is 3. The van der Waals surface area contributed by atoms with Crippen molar-refractivity contribution in [3.63, 3.8) is 0 Å². The van der Waals surface area contributed by atoms with Gasteiger partial charge in [0.15, 0.2) is 0 Å². The van der Waals surface area contributed by atoms with Crippen LogP contribution in [0.15, 0.2) is 94.6 Å². The van der Waals surface area contributed by atoms with Gasteiger partial charge in [0.05, 0.1) is 10.8 Å². The van der Waals surface area contributed by atoms with E-state index in [4.69, 9.17) is 16.0 Å². The van der Waals surface area contributed by atoms with Crippen LogP contribution in [0.3, 0.4) is 0 Å². The van der Waals surface area contributed by atoms with Crippen molar-refractivity contribution < 1.29 is 9.21 Å². The van der Waals surface area contributed by atoms with Crippen molar-refractivity contribution in [2.45, 2.75) is 18.2 Å². The number of carbonyl (C=O) groups excluding carboxylic acids is 1. The Morgan fingerprint density at radius 1 is 0.914 bits per heavy atom. The second-order valence-electron chi connectivity index (χ2n) is 7.94. The SMILES string of the molecule is O=C(CSc1nnc(-c2sc3ccccc3c2Cl)o1)N(CCc1ccccc1)Cc1ccccc1. The highest BCUT2D eigenvalue weighted by atomic mass is 35.5. The molecule has 35 heavy (non-hydrogen) atoms. The quantitative estimate of drug-likeness (QED) is 0.197. The zero-order chi connectivity index (χ0) is 24.0. The van der Waals surface area contributed by atoms with Crippen LogP contribution in [0.1, 0.15) is 11.1 Å². The fourth-order valence-electron chi connectivity index (χ4n) is 3.73. The first kappa shape index (κ1) is 23.6. The van der Waals surface area contributed by atoms with Crippen LogP contribution in [-0.4, -0.2) is 33.3 Å². The van der Waals surface area contributed by atoms with Crippen molar-refractivity contribution in [1.82, 2.24) is 15.1 Å². The summed E-state index contributed by atoms with van der Waals surface area (Å²) in [4.78, 5) is 15.8. The van der Waals surface area contributed by atoms with Gasteiger partial charge in [-0.15, -0.1) is 21.5 Å². The number of rotatable bonds is 9. The number of halogens is 1. The minimum Gasteiger partial charge on any atom is -0.410 e. The van der Waals surface area contributed by atoms with Crippen LogP contribution >= 0.6 is 34.7 Å². The van der Waals surface area contributed by atoms with Crippen LogP contribution in [0.4, 0.5) is 0 Å². The number of benzene rings is 3. The standard InChI is InChI=1S/C27H22ClN3O2S2/c28-24-21-13-7-8-14-22(21)35-25(24)26-29-30-27(33-26)34-18-23(32)31(17-20-11-5-2-6-12-20)16-15-19-9-3-1-4-10-19/h1-14H,15-18H2. The van der Waals surface area contributed by atoms with Gasteiger partial charge in [0.1, 0.15) is 4.88 Å². The average Bonchev–Trinajstić information content (AvgIpc) is 3.51. The van der Waals surface area contributed by atoms with Gasteiger partial charge in [0.25, 0.3) is 11.1 Å². The zero-order valence-corrected chi connectivity index (χ0v) is 21.2. The van der Waals surface area contributed by atoms with E-state index in [-0.39, 0.29) is 11.7 Å². The minimum atomic E-state index is 0.0226. The van der Waals surface area contributed by atoms with E-state index in [0.717, 1.165) is 26.9 Å². The molecule has 0 unspecified atom stereocenters. The summed E-state index contributed by atoms with van der Waals surface area (Å²) in [5.74, 6) is 0.606. The Morgan fingerprint density at radius 2 is 1.60 bits per heavy atom. The molecular formula is C27H22ClN3O2S2. The first-order valence-corrected chi connectivity index (χ1v) is 13.3. The van der Waals surface area contributed by atoms with Crippen molar-refractivity contribution in [1.29, 1.82) is 0 Å². The van der Waals surface area contributed by atoms with Gasteiger partial charge in [-0.2, -0.15) is 0 Å². The number of aromatic nitrogens is 2. The van der Waals surface area contributed by atoms with Crippen molar-refractivity contribution in [2.75, 3.05) is 12.3 Å². The first-order chi connectivity index (χ1) is 17.2. The van der Waals surface area contributed by atoms with E-state index < -0.39 is 0 Å². The first-order valence-electron chi connectivity index (χ1n) is 11.2. The molecule has 3 aromatic carbocycles. The predicted octanol–water partition coefficient (Wildman–Crippen LogP) is 6.97. The van der Waals surface area contributed by atoms with Crippen LogP contribution in [0.5, 0.6) is 0 Å². The third-order valence-corrected chi connectivity index (χ3v) is 8.00. The minimum absolute atomic E-state index is 0.0226. The fourth-order valence-corrected chi connectivity index (χ4v) is 5.83. The van der Waals surface area contributed by atoms with Crippen LogP contribution in [0.2, 0.25) is 5.02 Å². The Bertz CT molecular complexity index is 1420. The molecule has 176 valence electrons. The maximum atomic E-state index is 13.2. The summed E-state index contributed by atoms with van der Waals surface area (Å²) < 4.78 is 6.91. The molecule has 0 saturated heterocycles. The molecule has 5 nitrogen and oxygen atoms in total. The molecule has 0 saturated carbocycles. The highest BCUT2D eigenvalue weighted by Gasteiger charge is 2.20. The summed E-state index contributed by atoms with van der Waals surface area (Å²) in [7, 11) is 0. The molecule has 0 bridgehead atoms. The lowest BCUT2D eigenvalue weighted by Gasteiger charge is -2.22. The molecule has 0 atom stereocenters. The highest BCUT2D eigenvalue weighted by molar-refractivity contribution is 7.99. The van der Waals surface area contributed by atoms with E-state index in [2.05, 4.69) is 22.3 Å². The molecule has 0 N–H and O–H groups in total. The molecule has 2 aromatic heterocycles. The van der Waals surface area contributed by atoms with Crippen LogP contribution < -0.4 is 0 Å². The third-order valence-electron chi connectivity index (χ3n) is 5.54. The van der Waals surface area contributed by atoms with E-state index in [1.807, 2.05) is 77.7 Å². The maximum absolute atomic E-state index is 13.2. The zero-order valence-electron chi connectivity index (χ0n) is 18.8. The van der Waals surface area contributed by atoms with Gasteiger partial charge in [0, 0.05) is 23.2 Å². The molecule has 0 aliphatic heterocycles. The van der Waals surface area contributed by atoms with E-state index in [0.29, 0.717) is 29.2 Å². The molecule has 8 heteroatoms. The molecule has 5 rings (SSSR count). The maximum Gasteiger partial charge on any atom is 0.277 e. The number of thioether (sulfide) groups is 1. The fraction of sp³-hybridized carbons (Fsp3) is 0.148. The molecule has 2 heterocycles. The molecule has 1 amide bonds. The summed E-state index contributed by atoms with van der Waals surface area (Å²) >= 11 is 9.31. The third kappa shape index (κ3) is 5.75. The van der Waals surface area contributed by atoms with Crippen molar-refractivity contribution >= 4 is 50.7 Å². The second-order valence-corrected chi connectivity index (χ2v) is 10.3. The van der Waals surface area contributed by atoms with Crippen LogP contribution in [0.25, 0.3) is 20.9 Å². The monoisotopic (exact) mass is 519 g/mol. The number of amides is 1.